The van der Waals surface area contributed by atoms with Gasteiger partial charge in [-0.1, -0.05) is 72.5 Å². The Balaban J connectivity index is 1.66. The average molecular weight is 428 g/mol. The summed E-state index contributed by atoms with van der Waals surface area (Å²) in [6, 6.07) is 17.4. The van der Waals surface area contributed by atoms with Gasteiger partial charge < -0.3 is 9.47 Å². The van der Waals surface area contributed by atoms with Crippen molar-refractivity contribution in [3.05, 3.63) is 70.6 Å². The first kappa shape index (κ1) is 21.1. The van der Waals surface area contributed by atoms with Crippen molar-refractivity contribution in [2.75, 3.05) is 20.3 Å². The van der Waals surface area contributed by atoms with Crippen LogP contribution in [0.15, 0.2) is 59.5 Å². The summed E-state index contributed by atoms with van der Waals surface area (Å²) >= 11 is 6.69. The first-order valence-electron chi connectivity index (χ1n) is 9.16. The first-order chi connectivity index (χ1) is 14.1. The number of amides is 1. The number of ether oxygens (including phenoxy) is 2. The summed E-state index contributed by atoms with van der Waals surface area (Å²) in [5, 5.41) is 0. The van der Waals surface area contributed by atoms with E-state index in [-0.39, 0.29) is 12.5 Å². The third-order valence-corrected chi connectivity index (χ3v) is 5.72. The van der Waals surface area contributed by atoms with Crippen molar-refractivity contribution in [2.24, 2.45) is 0 Å². The zero-order valence-electron chi connectivity index (χ0n) is 16.0. The number of rotatable bonds is 8. The fraction of sp³-hybridized carbons (Fsp3) is 0.227. The molecule has 0 aromatic heterocycles. The number of hydrogen-bond acceptors (Lipinski definition) is 6. The molecule has 29 heavy (non-hydrogen) atoms. The first-order valence-corrected chi connectivity index (χ1v) is 10.4. The number of aryl methyl sites for hydroxylation is 1. The van der Waals surface area contributed by atoms with Gasteiger partial charge in [-0.2, -0.15) is 0 Å². The molecule has 1 aliphatic rings. The number of thioether (sulfide) groups is 1. The Hall–Kier alpha value is -2.64. The van der Waals surface area contributed by atoms with Crippen LogP contribution in [0, 0.1) is 0 Å². The maximum Gasteiger partial charge on any atom is 0.343 e. The van der Waals surface area contributed by atoms with Crippen molar-refractivity contribution in [2.45, 2.75) is 12.8 Å². The summed E-state index contributed by atoms with van der Waals surface area (Å²) < 4.78 is 10.7. The average Bonchev–Trinajstić information content (AvgIpc) is 3.01. The number of esters is 1. The highest BCUT2D eigenvalue weighted by molar-refractivity contribution is 8.26. The maximum atomic E-state index is 12.8. The second-order valence-electron chi connectivity index (χ2n) is 6.33. The fourth-order valence-corrected chi connectivity index (χ4v) is 4.15. The van der Waals surface area contributed by atoms with Gasteiger partial charge in [0.2, 0.25) is 0 Å². The highest BCUT2D eigenvalue weighted by Gasteiger charge is 2.31. The molecule has 150 valence electrons. The van der Waals surface area contributed by atoms with E-state index in [4.69, 9.17) is 17.0 Å². The predicted molar refractivity (Wildman–Crippen MR) is 119 cm³/mol. The lowest BCUT2D eigenvalue weighted by molar-refractivity contribution is -0.142. The molecule has 1 heterocycles. The SMILES string of the molecule is COC(=O)COc1ccccc1C=C1SC(=S)N(CCCc2ccccc2)C1=O. The molecule has 2 aromatic carbocycles. The van der Waals surface area contributed by atoms with Crippen LogP contribution >= 0.6 is 24.0 Å². The number of carbonyl (C=O) groups is 2. The van der Waals surface area contributed by atoms with E-state index in [0.717, 1.165) is 12.8 Å². The molecule has 0 radical (unpaired) electrons. The summed E-state index contributed by atoms with van der Waals surface area (Å²) in [5.41, 5.74) is 1.95. The number of nitrogens with zero attached hydrogens (tertiary/aromatic N) is 1. The van der Waals surface area contributed by atoms with Gasteiger partial charge in [0.05, 0.1) is 12.0 Å². The van der Waals surface area contributed by atoms with Gasteiger partial charge in [-0.25, -0.2) is 4.79 Å². The molecular formula is C22H21NO4S2. The summed E-state index contributed by atoms with van der Waals surface area (Å²) in [6.07, 6.45) is 3.48. The number of benzene rings is 2. The molecule has 0 spiro atoms. The molecular weight excluding hydrogens is 406 g/mol. The Kier molecular flexibility index (Phi) is 7.43. The van der Waals surface area contributed by atoms with E-state index in [9.17, 15) is 9.59 Å². The second-order valence-corrected chi connectivity index (χ2v) is 8.00. The van der Waals surface area contributed by atoms with Crippen molar-refractivity contribution in [1.82, 2.24) is 4.90 Å². The van der Waals surface area contributed by atoms with Gasteiger partial charge in [0, 0.05) is 12.1 Å². The zero-order chi connectivity index (χ0) is 20.6. The van der Waals surface area contributed by atoms with Gasteiger partial charge in [0.1, 0.15) is 10.1 Å². The van der Waals surface area contributed by atoms with E-state index in [0.29, 0.717) is 27.1 Å². The van der Waals surface area contributed by atoms with Crippen molar-refractivity contribution in [1.29, 1.82) is 0 Å². The van der Waals surface area contributed by atoms with Crippen LogP contribution in [0.5, 0.6) is 5.75 Å². The van der Waals surface area contributed by atoms with E-state index in [1.165, 1.54) is 24.4 Å². The van der Waals surface area contributed by atoms with Crippen LogP contribution in [0.25, 0.3) is 6.08 Å². The van der Waals surface area contributed by atoms with E-state index in [1.54, 1.807) is 23.1 Å². The third-order valence-electron chi connectivity index (χ3n) is 4.34. The number of hydrogen-bond donors (Lipinski definition) is 0. The van der Waals surface area contributed by atoms with E-state index < -0.39 is 5.97 Å². The molecule has 0 N–H and O–H groups in total. The summed E-state index contributed by atoms with van der Waals surface area (Å²) in [6.45, 7) is 0.388. The molecule has 1 saturated heterocycles. The molecule has 0 atom stereocenters. The minimum atomic E-state index is -0.468. The maximum absolute atomic E-state index is 12.8. The molecule has 2 aromatic rings. The molecule has 0 aliphatic carbocycles. The van der Waals surface area contributed by atoms with E-state index in [2.05, 4.69) is 16.9 Å². The Morgan fingerprint density at radius 1 is 1.14 bits per heavy atom. The minimum absolute atomic E-state index is 0.101. The summed E-state index contributed by atoms with van der Waals surface area (Å²) in [4.78, 5) is 26.3. The molecule has 1 fully saturated rings. The van der Waals surface area contributed by atoms with Crippen LogP contribution < -0.4 is 4.74 Å². The van der Waals surface area contributed by atoms with E-state index >= 15 is 0 Å². The van der Waals surface area contributed by atoms with Crippen molar-refractivity contribution < 1.29 is 19.1 Å². The van der Waals surface area contributed by atoms with Gasteiger partial charge in [0.15, 0.2) is 6.61 Å². The lowest BCUT2D eigenvalue weighted by atomic mass is 10.1. The van der Waals surface area contributed by atoms with Gasteiger partial charge >= 0.3 is 5.97 Å². The van der Waals surface area contributed by atoms with E-state index in [1.807, 2.05) is 30.3 Å². The summed E-state index contributed by atoms with van der Waals surface area (Å²) in [5.74, 6) is -0.0624. The van der Waals surface area contributed by atoms with Crippen LogP contribution in [0.1, 0.15) is 17.5 Å². The molecule has 0 saturated carbocycles. The smallest absolute Gasteiger partial charge is 0.343 e. The van der Waals surface area contributed by atoms with Crippen LogP contribution in [-0.2, 0) is 20.7 Å². The molecule has 3 rings (SSSR count). The topological polar surface area (TPSA) is 55.8 Å². The summed E-state index contributed by atoms with van der Waals surface area (Å²) in [7, 11) is 1.31. The molecule has 0 unspecified atom stereocenters. The molecule has 5 nitrogen and oxygen atoms in total. The molecule has 0 bridgehead atoms. The zero-order valence-corrected chi connectivity index (χ0v) is 17.6. The van der Waals surface area contributed by atoms with Crippen LogP contribution in [0.3, 0.4) is 0 Å². The van der Waals surface area contributed by atoms with Crippen molar-refractivity contribution >= 4 is 46.3 Å². The normalized spacial score (nSPS) is 15.1. The lowest BCUT2D eigenvalue weighted by Crippen LogP contribution is -2.29. The Morgan fingerprint density at radius 2 is 1.86 bits per heavy atom. The number of para-hydroxylation sites is 1. The van der Waals surface area contributed by atoms with Crippen LogP contribution in [0.2, 0.25) is 0 Å². The number of methoxy groups -OCH3 is 1. The van der Waals surface area contributed by atoms with Crippen molar-refractivity contribution in [3.8, 4) is 5.75 Å². The lowest BCUT2D eigenvalue weighted by Gasteiger charge is -2.14. The van der Waals surface area contributed by atoms with Gasteiger partial charge in [0.25, 0.3) is 5.91 Å². The molecule has 7 heteroatoms. The minimum Gasteiger partial charge on any atom is -0.481 e. The highest BCUT2D eigenvalue weighted by atomic mass is 32.2. The Morgan fingerprint density at radius 3 is 2.62 bits per heavy atom. The Bertz CT molecular complexity index is 927. The van der Waals surface area contributed by atoms with Gasteiger partial charge in [-0.15, -0.1) is 0 Å². The molecule has 1 aliphatic heterocycles. The van der Waals surface area contributed by atoms with Gasteiger partial charge in [-0.05, 0) is 30.5 Å². The van der Waals surface area contributed by atoms with Crippen molar-refractivity contribution in [3.63, 3.8) is 0 Å². The largest absolute Gasteiger partial charge is 0.481 e. The highest BCUT2D eigenvalue weighted by Crippen LogP contribution is 2.34. The fourth-order valence-electron chi connectivity index (χ4n) is 2.85. The monoisotopic (exact) mass is 427 g/mol. The Labute approximate surface area is 179 Å². The second kappa shape index (κ2) is 10.2. The van der Waals surface area contributed by atoms with Crippen LogP contribution in [-0.4, -0.2) is 41.4 Å². The standard InChI is InChI=1S/C22H21NO4S2/c1-26-20(24)15-27-18-12-6-5-11-17(18)14-19-21(25)23(22(28)29-19)13-7-10-16-8-3-2-4-9-16/h2-6,8-9,11-12,14H,7,10,13,15H2,1H3. The predicted octanol–water partition coefficient (Wildman–Crippen LogP) is 4.07. The quantitative estimate of drug-likeness (QED) is 0.360. The van der Waals surface area contributed by atoms with Crippen LogP contribution in [0.4, 0.5) is 0 Å². The van der Waals surface area contributed by atoms with Gasteiger partial charge in [-0.3, -0.25) is 9.69 Å². The number of carbonyl (C=O) groups excluding carboxylic acids is 2. The number of thiocarbonyl (C=S) groups is 1. The third kappa shape index (κ3) is 5.68. The molecule has 1 amide bonds.